The van der Waals surface area contributed by atoms with Crippen LogP contribution in [0.5, 0.6) is 0 Å². The number of nitrogens with two attached hydrogens (primary N) is 2. The lowest BCUT2D eigenvalue weighted by atomic mass is 10.1. The van der Waals surface area contributed by atoms with Gasteiger partial charge < -0.3 is 20.9 Å². The first-order valence-corrected chi connectivity index (χ1v) is 5.76. The SMILES string of the molecule is CC(C)(C)OCCOC(=O)c1ccc(N)cc1N. The number of rotatable bonds is 4. The lowest BCUT2D eigenvalue weighted by Gasteiger charge is -2.19. The van der Waals surface area contributed by atoms with Crippen LogP contribution < -0.4 is 11.5 Å². The molecule has 0 saturated carbocycles. The summed E-state index contributed by atoms with van der Waals surface area (Å²) in [6.45, 7) is 6.36. The van der Waals surface area contributed by atoms with Crippen molar-refractivity contribution in [3.8, 4) is 0 Å². The molecule has 0 radical (unpaired) electrons. The zero-order valence-corrected chi connectivity index (χ0v) is 11.0. The molecule has 0 heterocycles. The topological polar surface area (TPSA) is 87.6 Å². The highest BCUT2D eigenvalue weighted by Crippen LogP contribution is 2.16. The van der Waals surface area contributed by atoms with Gasteiger partial charge in [-0.05, 0) is 39.0 Å². The first-order chi connectivity index (χ1) is 8.29. The molecule has 100 valence electrons. The minimum atomic E-state index is -0.468. The van der Waals surface area contributed by atoms with Crippen molar-refractivity contribution in [3.05, 3.63) is 23.8 Å². The molecule has 1 aromatic carbocycles. The van der Waals surface area contributed by atoms with E-state index in [0.717, 1.165) is 0 Å². The van der Waals surface area contributed by atoms with Crippen LogP contribution in [0.2, 0.25) is 0 Å². The van der Waals surface area contributed by atoms with Crippen LogP contribution in [-0.2, 0) is 9.47 Å². The zero-order valence-electron chi connectivity index (χ0n) is 11.0. The molecule has 0 fully saturated rings. The molecule has 0 spiro atoms. The van der Waals surface area contributed by atoms with Crippen molar-refractivity contribution in [3.63, 3.8) is 0 Å². The van der Waals surface area contributed by atoms with E-state index >= 15 is 0 Å². The van der Waals surface area contributed by atoms with Gasteiger partial charge >= 0.3 is 5.97 Å². The third-order valence-electron chi connectivity index (χ3n) is 2.15. The molecule has 0 aliphatic rings. The second-order valence-electron chi connectivity index (χ2n) is 4.94. The predicted molar refractivity (Wildman–Crippen MR) is 71.3 cm³/mol. The normalized spacial score (nSPS) is 11.3. The molecular weight excluding hydrogens is 232 g/mol. The Morgan fingerprint density at radius 1 is 1.22 bits per heavy atom. The quantitative estimate of drug-likeness (QED) is 0.485. The lowest BCUT2D eigenvalue weighted by molar-refractivity contribution is -0.0281. The second-order valence-corrected chi connectivity index (χ2v) is 4.94. The molecule has 5 heteroatoms. The molecule has 1 aromatic rings. The number of carbonyl (C=O) groups excluding carboxylic acids is 1. The molecule has 0 atom stereocenters. The maximum absolute atomic E-state index is 11.7. The Hall–Kier alpha value is -1.75. The fraction of sp³-hybridized carbons (Fsp3) is 0.462. The Morgan fingerprint density at radius 2 is 1.89 bits per heavy atom. The highest BCUT2D eigenvalue weighted by molar-refractivity contribution is 5.95. The number of hydrogen-bond acceptors (Lipinski definition) is 5. The van der Waals surface area contributed by atoms with Crippen molar-refractivity contribution in [2.24, 2.45) is 0 Å². The van der Waals surface area contributed by atoms with Gasteiger partial charge in [0.2, 0.25) is 0 Å². The number of esters is 1. The summed E-state index contributed by atoms with van der Waals surface area (Å²) in [6, 6.07) is 4.69. The highest BCUT2D eigenvalue weighted by atomic mass is 16.6. The molecule has 0 aliphatic heterocycles. The molecule has 0 saturated heterocycles. The van der Waals surface area contributed by atoms with Gasteiger partial charge in [0.25, 0.3) is 0 Å². The van der Waals surface area contributed by atoms with Gasteiger partial charge in [0.05, 0.1) is 17.8 Å². The number of hydrogen-bond donors (Lipinski definition) is 2. The first kappa shape index (κ1) is 14.3. The summed E-state index contributed by atoms with van der Waals surface area (Å²) in [5, 5.41) is 0. The van der Waals surface area contributed by atoms with Gasteiger partial charge in [-0.25, -0.2) is 4.79 Å². The van der Waals surface area contributed by atoms with E-state index in [2.05, 4.69) is 0 Å². The average molecular weight is 252 g/mol. The van der Waals surface area contributed by atoms with Crippen molar-refractivity contribution in [2.75, 3.05) is 24.7 Å². The second kappa shape index (κ2) is 5.73. The van der Waals surface area contributed by atoms with E-state index in [4.69, 9.17) is 20.9 Å². The number of nitrogen functional groups attached to an aromatic ring is 2. The summed E-state index contributed by atoms with van der Waals surface area (Å²) in [5.41, 5.74) is 12.1. The first-order valence-electron chi connectivity index (χ1n) is 5.76. The van der Waals surface area contributed by atoms with Crippen LogP contribution in [-0.4, -0.2) is 24.8 Å². The number of anilines is 2. The fourth-order valence-electron chi connectivity index (χ4n) is 1.33. The van der Waals surface area contributed by atoms with Crippen molar-refractivity contribution >= 4 is 17.3 Å². The van der Waals surface area contributed by atoms with Gasteiger partial charge in [-0.1, -0.05) is 0 Å². The maximum Gasteiger partial charge on any atom is 0.340 e. The maximum atomic E-state index is 11.7. The van der Waals surface area contributed by atoms with Crippen molar-refractivity contribution < 1.29 is 14.3 Å². The molecule has 0 aliphatic carbocycles. The molecule has 18 heavy (non-hydrogen) atoms. The number of ether oxygens (including phenoxy) is 2. The van der Waals surface area contributed by atoms with E-state index in [0.29, 0.717) is 23.5 Å². The summed E-state index contributed by atoms with van der Waals surface area (Å²) in [4.78, 5) is 11.7. The lowest BCUT2D eigenvalue weighted by Crippen LogP contribution is -2.22. The van der Waals surface area contributed by atoms with Crippen LogP contribution in [0.4, 0.5) is 11.4 Å². The Balaban J connectivity index is 2.46. The smallest absolute Gasteiger partial charge is 0.340 e. The standard InChI is InChI=1S/C13H20N2O3/c1-13(2,3)18-7-6-17-12(16)10-5-4-9(14)8-11(10)15/h4-5,8H,6-7,14-15H2,1-3H3. The van der Waals surface area contributed by atoms with E-state index in [1.54, 1.807) is 12.1 Å². The van der Waals surface area contributed by atoms with E-state index in [1.165, 1.54) is 6.07 Å². The van der Waals surface area contributed by atoms with Crippen LogP contribution >= 0.6 is 0 Å². The Labute approximate surface area is 107 Å². The minimum absolute atomic E-state index is 0.194. The van der Waals surface area contributed by atoms with Crippen molar-refractivity contribution in [1.29, 1.82) is 0 Å². The molecule has 4 N–H and O–H groups in total. The monoisotopic (exact) mass is 252 g/mol. The summed E-state index contributed by atoms with van der Waals surface area (Å²) in [7, 11) is 0. The molecule has 0 amide bonds. The predicted octanol–water partition coefficient (Wildman–Crippen LogP) is 1.82. The van der Waals surface area contributed by atoms with Crippen molar-refractivity contribution in [1.82, 2.24) is 0 Å². The van der Waals surface area contributed by atoms with Gasteiger partial charge in [0, 0.05) is 11.4 Å². The van der Waals surface area contributed by atoms with E-state index in [-0.39, 0.29) is 12.2 Å². The molecular formula is C13H20N2O3. The van der Waals surface area contributed by atoms with Gasteiger partial charge in [0.15, 0.2) is 0 Å². The summed E-state index contributed by atoms with van der Waals surface area (Å²) in [6.07, 6.45) is 0. The molecule has 0 bridgehead atoms. The van der Waals surface area contributed by atoms with Gasteiger partial charge in [-0.2, -0.15) is 0 Å². The van der Waals surface area contributed by atoms with Gasteiger partial charge in [-0.3, -0.25) is 0 Å². The van der Waals surface area contributed by atoms with E-state index < -0.39 is 5.97 Å². The van der Waals surface area contributed by atoms with Crippen molar-refractivity contribution in [2.45, 2.75) is 26.4 Å². The van der Waals surface area contributed by atoms with Crippen LogP contribution in [0.25, 0.3) is 0 Å². The van der Waals surface area contributed by atoms with Gasteiger partial charge in [-0.15, -0.1) is 0 Å². The summed E-state index contributed by atoms with van der Waals surface area (Å²) < 4.78 is 10.5. The zero-order chi connectivity index (χ0) is 13.8. The van der Waals surface area contributed by atoms with Crippen LogP contribution in [0, 0.1) is 0 Å². The minimum Gasteiger partial charge on any atom is -0.460 e. The fourth-order valence-corrected chi connectivity index (χ4v) is 1.33. The van der Waals surface area contributed by atoms with Crippen LogP contribution in [0.3, 0.4) is 0 Å². The third kappa shape index (κ3) is 4.63. The Bertz CT molecular complexity index is 425. The molecule has 0 aromatic heterocycles. The number of carbonyl (C=O) groups is 1. The Morgan fingerprint density at radius 3 is 2.44 bits per heavy atom. The van der Waals surface area contributed by atoms with Crippen LogP contribution in [0.15, 0.2) is 18.2 Å². The van der Waals surface area contributed by atoms with E-state index in [1.807, 2.05) is 20.8 Å². The number of benzene rings is 1. The molecule has 0 unspecified atom stereocenters. The molecule has 5 nitrogen and oxygen atoms in total. The van der Waals surface area contributed by atoms with Crippen LogP contribution in [0.1, 0.15) is 31.1 Å². The average Bonchev–Trinajstić information content (AvgIpc) is 2.22. The molecule has 1 rings (SSSR count). The highest BCUT2D eigenvalue weighted by Gasteiger charge is 2.13. The van der Waals surface area contributed by atoms with E-state index in [9.17, 15) is 4.79 Å². The largest absolute Gasteiger partial charge is 0.460 e. The summed E-state index contributed by atoms with van der Waals surface area (Å²) >= 11 is 0. The third-order valence-corrected chi connectivity index (χ3v) is 2.15. The summed E-state index contributed by atoms with van der Waals surface area (Å²) in [5.74, 6) is -0.468. The Kier molecular flexibility index (Phi) is 4.55. The van der Waals surface area contributed by atoms with Gasteiger partial charge in [0.1, 0.15) is 6.61 Å².